The van der Waals surface area contributed by atoms with E-state index in [4.69, 9.17) is 14.2 Å². The maximum atomic E-state index is 5.59. The molecule has 0 atom stereocenters. The molecule has 0 fully saturated rings. The van der Waals surface area contributed by atoms with Crippen molar-refractivity contribution in [3.63, 3.8) is 0 Å². The summed E-state index contributed by atoms with van der Waals surface area (Å²) in [6.07, 6.45) is 7.67. The Morgan fingerprint density at radius 2 is 1.67 bits per heavy atom. The average Bonchev–Trinajstić information content (AvgIpc) is 2.56. The third kappa shape index (κ3) is 5.02. The van der Waals surface area contributed by atoms with E-state index in [1.165, 1.54) is 0 Å². The van der Waals surface area contributed by atoms with Gasteiger partial charge in [0, 0.05) is 32.4 Å². The van der Waals surface area contributed by atoms with Gasteiger partial charge in [0.05, 0.1) is 0 Å². The Morgan fingerprint density at radius 1 is 1.00 bits per heavy atom. The first-order valence-corrected chi connectivity index (χ1v) is 6.74. The van der Waals surface area contributed by atoms with Crippen LogP contribution in [0, 0.1) is 0 Å². The van der Waals surface area contributed by atoms with Crippen LogP contribution in [-0.4, -0.2) is 27.1 Å². The fourth-order valence-electron chi connectivity index (χ4n) is 1.76. The summed E-state index contributed by atoms with van der Waals surface area (Å²) >= 11 is 0. The first kappa shape index (κ1) is 15.2. The molecule has 0 saturated heterocycles. The lowest BCUT2D eigenvalue weighted by atomic mass is 10.2. The van der Waals surface area contributed by atoms with Gasteiger partial charge in [-0.25, -0.2) is 0 Å². The van der Waals surface area contributed by atoms with Crippen LogP contribution in [0.15, 0.2) is 54.9 Å². The number of pyridine rings is 1. The highest BCUT2D eigenvalue weighted by atomic mass is 16.7. The van der Waals surface area contributed by atoms with E-state index in [1.54, 1.807) is 14.2 Å². The number of rotatable bonds is 7. The number of hydrogen-bond acceptors (Lipinski definition) is 3. The van der Waals surface area contributed by atoms with Crippen molar-refractivity contribution in [2.24, 2.45) is 0 Å². The Kier molecular flexibility index (Phi) is 5.94. The van der Waals surface area contributed by atoms with Crippen LogP contribution in [0.2, 0.25) is 0 Å². The highest BCUT2D eigenvalue weighted by Gasteiger charge is 2.05. The number of aromatic nitrogens is 1. The molecule has 0 aliphatic heterocycles. The molecule has 2 rings (SSSR count). The molecular weight excluding hydrogens is 266 g/mol. The molecule has 4 nitrogen and oxygen atoms in total. The van der Waals surface area contributed by atoms with Crippen molar-refractivity contribution < 1.29 is 18.8 Å². The fraction of sp³-hybridized carbons (Fsp3) is 0.235. The Labute approximate surface area is 125 Å². The van der Waals surface area contributed by atoms with E-state index in [2.05, 4.69) is 0 Å². The second-order valence-electron chi connectivity index (χ2n) is 4.42. The molecule has 21 heavy (non-hydrogen) atoms. The summed E-state index contributed by atoms with van der Waals surface area (Å²) in [5.74, 6) is 0.790. The zero-order valence-corrected chi connectivity index (χ0v) is 12.3. The standard InChI is InChI=1S/C17H20NO3/c1-19-17(20-2)14-21-16-8-6-15(7-9-16)10-13-18-11-4-3-5-12-18/h3-13,17H,14H2,1-2H3/q+1. The topological polar surface area (TPSA) is 31.6 Å². The monoisotopic (exact) mass is 286 g/mol. The molecule has 0 amide bonds. The molecule has 0 saturated carbocycles. The van der Waals surface area contributed by atoms with Crippen LogP contribution in [-0.2, 0) is 9.47 Å². The predicted octanol–water partition coefficient (Wildman–Crippen LogP) is 2.60. The van der Waals surface area contributed by atoms with Crippen LogP contribution in [0.3, 0.4) is 0 Å². The Bertz CT molecular complexity index is 548. The van der Waals surface area contributed by atoms with Crippen LogP contribution in [0.25, 0.3) is 12.3 Å². The van der Waals surface area contributed by atoms with Crippen LogP contribution < -0.4 is 9.30 Å². The molecule has 0 N–H and O–H groups in total. The van der Waals surface area contributed by atoms with E-state index < -0.39 is 0 Å². The summed E-state index contributed by atoms with van der Waals surface area (Å²) in [5, 5.41) is 0. The Hall–Kier alpha value is -2.17. The largest absolute Gasteiger partial charge is 0.488 e. The predicted molar refractivity (Wildman–Crippen MR) is 81.6 cm³/mol. The zero-order chi connectivity index (χ0) is 14.9. The van der Waals surface area contributed by atoms with Gasteiger partial charge in [-0.1, -0.05) is 18.2 Å². The third-order valence-corrected chi connectivity index (χ3v) is 2.97. The van der Waals surface area contributed by atoms with Gasteiger partial charge in [-0.3, -0.25) is 0 Å². The first-order valence-electron chi connectivity index (χ1n) is 6.74. The van der Waals surface area contributed by atoms with Crippen molar-refractivity contribution >= 4 is 12.3 Å². The van der Waals surface area contributed by atoms with E-state index in [0.717, 1.165) is 11.3 Å². The maximum absolute atomic E-state index is 5.59. The van der Waals surface area contributed by atoms with Crippen molar-refractivity contribution in [3.05, 3.63) is 60.4 Å². The van der Waals surface area contributed by atoms with Gasteiger partial charge in [0.1, 0.15) is 12.4 Å². The lowest BCUT2D eigenvalue weighted by Crippen LogP contribution is -2.23. The van der Waals surface area contributed by atoms with Gasteiger partial charge in [0.25, 0.3) is 0 Å². The van der Waals surface area contributed by atoms with Crippen LogP contribution in [0.5, 0.6) is 5.75 Å². The SMILES string of the molecule is COC(COc1ccc(C=C[n+]2ccccc2)cc1)OC. The molecule has 0 radical (unpaired) electrons. The van der Waals surface area contributed by atoms with Gasteiger partial charge in [0.2, 0.25) is 0 Å². The second-order valence-corrected chi connectivity index (χ2v) is 4.42. The minimum Gasteiger partial charge on any atom is -0.488 e. The number of nitrogens with zero attached hydrogens (tertiary/aromatic N) is 1. The van der Waals surface area contributed by atoms with Gasteiger partial charge < -0.3 is 14.2 Å². The highest BCUT2D eigenvalue weighted by molar-refractivity contribution is 5.57. The summed E-state index contributed by atoms with van der Waals surface area (Å²) in [7, 11) is 3.18. The average molecular weight is 286 g/mol. The maximum Gasteiger partial charge on any atom is 0.191 e. The molecule has 0 aliphatic rings. The van der Waals surface area contributed by atoms with Crippen LogP contribution in [0.1, 0.15) is 5.56 Å². The molecule has 1 aromatic heterocycles. The highest BCUT2D eigenvalue weighted by Crippen LogP contribution is 2.13. The van der Waals surface area contributed by atoms with E-state index in [9.17, 15) is 0 Å². The van der Waals surface area contributed by atoms with Crippen molar-refractivity contribution in [2.45, 2.75) is 6.29 Å². The lowest BCUT2D eigenvalue weighted by molar-refractivity contribution is -0.567. The molecule has 4 heteroatoms. The molecule has 110 valence electrons. The summed E-state index contributed by atoms with van der Waals surface area (Å²) in [6, 6.07) is 13.8. The zero-order valence-electron chi connectivity index (χ0n) is 12.3. The molecule has 0 spiro atoms. The molecular formula is C17H20NO3+. The van der Waals surface area contributed by atoms with Gasteiger partial charge in [-0.15, -0.1) is 0 Å². The number of methoxy groups -OCH3 is 2. The summed E-state index contributed by atoms with van der Waals surface area (Å²) < 4.78 is 17.7. The molecule has 1 aromatic carbocycles. The molecule has 0 aliphatic carbocycles. The number of ether oxygens (including phenoxy) is 3. The number of benzene rings is 1. The minimum atomic E-state index is -0.348. The van der Waals surface area contributed by atoms with Crippen molar-refractivity contribution in [2.75, 3.05) is 20.8 Å². The second kappa shape index (κ2) is 8.19. The summed E-state index contributed by atoms with van der Waals surface area (Å²) in [4.78, 5) is 0. The van der Waals surface area contributed by atoms with E-state index in [1.807, 2.05) is 71.7 Å². The van der Waals surface area contributed by atoms with Gasteiger partial charge >= 0.3 is 0 Å². The minimum absolute atomic E-state index is 0.348. The van der Waals surface area contributed by atoms with Gasteiger partial charge in [0.15, 0.2) is 24.9 Å². The molecule has 2 aromatic rings. The van der Waals surface area contributed by atoms with Gasteiger partial charge in [-0.2, -0.15) is 4.57 Å². The van der Waals surface area contributed by atoms with Crippen molar-refractivity contribution in [1.82, 2.24) is 0 Å². The van der Waals surface area contributed by atoms with Crippen LogP contribution in [0.4, 0.5) is 0 Å². The smallest absolute Gasteiger partial charge is 0.191 e. The van der Waals surface area contributed by atoms with Crippen molar-refractivity contribution in [1.29, 1.82) is 0 Å². The normalized spacial score (nSPS) is 11.2. The summed E-state index contributed by atoms with van der Waals surface area (Å²) in [6.45, 7) is 0.363. The van der Waals surface area contributed by atoms with Crippen LogP contribution >= 0.6 is 0 Å². The lowest BCUT2D eigenvalue weighted by Gasteiger charge is -2.14. The summed E-state index contributed by atoms with van der Waals surface area (Å²) in [5.41, 5.74) is 1.11. The molecule has 0 unspecified atom stereocenters. The Balaban J connectivity index is 1.91. The number of hydrogen-bond donors (Lipinski definition) is 0. The van der Waals surface area contributed by atoms with E-state index in [0.29, 0.717) is 6.61 Å². The van der Waals surface area contributed by atoms with Gasteiger partial charge in [-0.05, 0) is 17.7 Å². The van der Waals surface area contributed by atoms with Crippen molar-refractivity contribution in [3.8, 4) is 5.75 Å². The van der Waals surface area contributed by atoms with E-state index >= 15 is 0 Å². The Morgan fingerprint density at radius 3 is 2.29 bits per heavy atom. The van der Waals surface area contributed by atoms with E-state index in [-0.39, 0.29) is 6.29 Å². The molecule has 0 bridgehead atoms. The fourth-order valence-corrected chi connectivity index (χ4v) is 1.76. The molecule has 1 heterocycles. The first-order chi connectivity index (χ1) is 10.3. The quantitative estimate of drug-likeness (QED) is 0.579. The third-order valence-electron chi connectivity index (χ3n) is 2.97.